The molecule has 3 rings (SSSR count). The summed E-state index contributed by atoms with van der Waals surface area (Å²) in [6, 6.07) is 7.88. The quantitative estimate of drug-likeness (QED) is 0.682. The first kappa shape index (κ1) is 9.77. The summed E-state index contributed by atoms with van der Waals surface area (Å²) in [4.78, 5) is 22.4. The van der Waals surface area contributed by atoms with Gasteiger partial charge in [0.2, 0.25) is 0 Å². The lowest BCUT2D eigenvalue weighted by molar-refractivity contribution is 1.07. The Labute approximate surface area is 96.8 Å². The standard InChI is InChI=1S/C12H10N4O/c1-8-2-4-9(5-3-8)16-7-15-11-10(16)12(17)14-6-13-11/h2-7H,1H3,(H,13,14,17). The van der Waals surface area contributed by atoms with Crippen LogP contribution in [0.15, 0.2) is 41.7 Å². The van der Waals surface area contributed by atoms with Gasteiger partial charge in [0.15, 0.2) is 11.2 Å². The van der Waals surface area contributed by atoms with Crippen LogP contribution in [0.25, 0.3) is 16.9 Å². The second-order valence-corrected chi connectivity index (χ2v) is 3.85. The van der Waals surface area contributed by atoms with Gasteiger partial charge in [0.25, 0.3) is 5.56 Å². The van der Waals surface area contributed by atoms with Crippen LogP contribution in [0.3, 0.4) is 0 Å². The largest absolute Gasteiger partial charge is 0.311 e. The molecule has 0 atom stereocenters. The van der Waals surface area contributed by atoms with Gasteiger partial charge in [-0.3, -0.25) is 9.36 Å². The lowest BCUT2D eigenvalue weighted by Crippen LogP contribution is -2.10. The first-order valence-electron chi connectivity index (χ1n) is 5.23. The van der Waals surface area contributed by atoms with E-state index in [4.69, 9.17) is 0 Å². The molecule has 1 N–H and O–H groups in total. The predicted molar refractivity (Wildman–Crippen MR) is 64.2 cm³/mol. The second kappa shape index (κ2) is 3.55. The van der Waals surface area contributed by atoms with Gasteiger partial charge < -0.3 is 4.98 Å². The van der Waals surface area contributed by atoms with Crippen LogP contribution in [0, 0.1) is 6.92 Å². The number of imidazole rings is 1. The lowest BCUT2D eigenvalue weighted by atomic mass is 10.2. The molecule has 0 aliphatic carbocycles. The summed E-state index contributed by atoms with van der Waals surface area (Å²) in [7, 11) is 0. The van der Waals surface area contributed by atoms with Crippen LogP contribution in [0.4, 0.5) is 0 Å². The zero-order valence-corrected chi connectivity index (χ0v) is 9.21. The molecular formula is C12H10N4O. The molecule has 0 unspecified atom stereocenters. The van der Waals surface area contributed by atoms with Crippen molar-refractivity contribution in [1.82, 2.24) is 19.5 Å². The number of aryl methyl sites for hydroxylation is 1. The first-order chi connectivity index (χ1) is 8.25. The van der Waals surface area contributed by atoms with Gasteiger partial charge in [0.1, 0.15) is 6.33 Å². The van der Waals surface area contributed by atoms with Crippen molar-refractivity contribution in [1.29, 1.82) is 0 Å². The summed E-state index contributed by atoms with van der Waals surface area (Å²) in [6.45, 7) is 2.02. The number of benzene rings is 1. The SMILES string of the molecule is Cc1ccc(-n2cnc3nc[nH]c(=O)c32)cc1. The third-order valence-electron chi connectivity index (χ3n) is 2.66. The highest BCUT2D eigenvalue weighted by Gasteiger charge is 2.08. The topological polar surface area (TPSA) is 63.6 Å². The van der Waals surface area contributed by atoms with E-state index in [9.17, 15) is 4.79 Å². The fraction of sp³-hybridized carbons (Fsp3) is 0.0833. The third kappa shape index (κ3) is 1.52. The van der Waals surface area contributed by atoms with Gasteiger partial charge >= 0.3 is 0 Å². The molecule has 0 spiro atoms. The average Bonchev–Trinajstić information content (AvgIpc) is 2.75. The number of nitrogens with one attached hydrogen (secondary N) is 1. The number of aromatic amines is 1. The van der Waals surface area contributed by atoms with E-state index in [1.807, 2.05) is 31.2 Å². The maximum atomic E-state index is 11.7. The third-order valence-corrected chi connectivity index (χ3v) is 2.66. The number of nitrogens with zero attached hydrogens (tertiary/aromatic N) is 3. The van der Waals surface area contributed by atoms with Gasteiger partial charge in [0.05, 0.1) is 6.33 Å². The fourth-order valence-corrected chi connectivity index (χ4v) is 1.77. The smallest absolute Gasteiger partial charge is 0.277 e. The number of hydrogen-bond donors (Lipinski definition) is 1. The molecule has 0 fully saturated rings. The van der Waals surface area contributed by atoms with Gasteiger partial charge in [-0.1, -0.05) is 17.7 Å². The first-order valence-corrected chi connectivity index (χ1v) is 5.23. The van der Waals surface area contributed by atoms with E-state index in [0.29, 0.717) is 11.2 Å². The molecule has 0 amide bonds. The Kier molecular flexibility index (Phi) is 2.04. The Morgan fingerprint density at radius 2 is 1.94 bits per heavy atom. The Balaban J connectivity index is 2.31. The molecule has 2 heterocycles. The fourth-order valence-electron chi connectivity index (χ4n) is 1.77. The number of hydrogen-bond acceptors (Lipinski definition) is 3. The zero-order chi connectivity index (χ0) is 11.8. The number of fused-ring (bicyclic) bond motifs is 1. The van der Waals surface area contributed by atoms with E-state index in [0.717, 1.165) is 5.69 Å². The zero-order valence-electron chi connectivity index (χ0n) is 9.21. The summed E-state index contributed by atoms with van der Waals surface area (Å²) >= 11 is 0. The highest BCUT2D eigenvalue weighted by Crippen LogP contribution is 2.13. The monoisotopic (exact) mass is 226 g/mol. The Morgan fingerprint density at radius 1 is 1.18 bits per heavy atom. The molecule has 5 heteroatoms. The Hall–Kier alpha value is -2.43. The van der Waals surface area contributed by atoms with Crippen molar-refractivity contribution in [3.8, 4) is 5.69 Å². The van der Waals surface area contributed by atoms with Gasteiger partial charge in [-0.2, -0.15) is 0 Å². The summed E-state index contributed by atoms with van der Waals surface area (Å²) in [6.07, 6.45) is 2.97. The van der Waals surface area contributed by atoms with Crippen LogP contribution in [0.5, 0.6) is 0 Å². The van der Waals surface area contributed by atoms with Crippen molar-refractivity contribution >= 4 is 11.2 Å². The molecule has 5 nitrogen and oxygen atoms in total. The molecule has 0 bridgehead atoms. The average molecular weight is 226 g/mol. The minimum absolute atomic E-state index is 0.187. The van der Waals surface area contributed by atoms with E-state index < -0.39 is 0 Å². The molecule has 0 saturated heterocycles. The summed E-state index contributed by atoms with van der Waals surface area (Å²) in [5, 5.41) is 0. The van der Waals surface area contributed by atoms with E-state index in [2.05, 4.69) is 15.0 Å². The van der Waals surface area contributed by atoms with Crippen LogP contribution >= 0.6 is 0 Å². The van der Waals surface area contributed by atoms with Crippen LogP contribution in [-0.2, 0) is 0 Å². The van der Waals surface area contributed by atoms with Crippen LogP contribution in [0.2, 0.25) is 0 Å². The number of aromatic nitrogens is 4. The van der Waals surface area contributed by atoms with E-state index in [-0.39, 0.29) is 5.56 Å². The van der Waals surface area contributed by atoms with E-state index in [1.54, 1.807) is 10.9 Å². The molecular weight excluding hydrogens is 216 g/mol. The number of rotatable bonds is 1. The van der Waals surface area contributed by atoms with Gasteiger partial charge in [-0.25, -0.2) is 9.97 Å². The summed E-state index contributed by atoms with van der Waals surface area (Å²) in [5.74, 6) is 0. The van der Waals surface area contributed by atoms with Crippen LogP contribution < -0.4 is 5.56 Å². The highest BCUT2D eigenvalue weighted by atomic mass is 16.1. The van der Waals surface area contributed by atoms with Crippen molar-refractivity contribution in [2.75, 3.05) is 0 Å². The lowest BCUT2D eigenvalue weighted by Gasteiger charge is -2.03. The van der Waals surface area contributed by atoms with Crippen LogP contribution in [0.1, 0.15) is 5.56 Å². The molecule has 84 valence electrons. The van der Waals surface area contributed by atoms with Gasteiger partial charge in [0, 0.05) is 5.69 Å². The maximum absolute atomic E-state index is 11.7. The molecule has 1 aromatic carbocycles. The summed E-state index contributed by atoms with van der Waals surface area (Å²) < 4.78 is 1.74. The molecule has 0 aliphatic rings. The molecule has 0 aliphatic heterocycles. The van der Waals surface area contributed by atoms with Gasteiger partial charge in [-0.15, -0.1) is 0 Å². The highest BCUT2D eigenvalue weighted by molar-refractivity contribution is 5.71. The molecule has 3 aromatic rings. The normalized spacial score (nSPS) is 10.9. The minimum Gasteiger partial charge on any atom is -0.311 e. The van der Waals surface area contributed by atoms with E-state index in [1.165, 1.54) is 11.9 Å². The van der Waals surface area contributed by atoms with Crippen molar-refractivity contribution in [2.45, 2.75) is 6.92 Å². The minimum atomic E-state index is -0.187. The molecule has 2 aromatic heterocycles. The molecule has 0 radical (unpaired) electrons. The van der Waals surface area contributed by atoms with Crippen molar-refractivity contribution in [3.63, 3.8) is 0 Å². The van der Waals surface area contributed by atoms with Gasteiger partial charge in [-0.05, 0) is 19.1 Å². The van der Waals surface area contributed by atoms with Crippen molar-refractivity contribution in [3.05, 3.63) is 52.8 Å². The summed E-state index contributed by atoms with van der Waals surface area (Å²) in [5.41, 5.74) is 2.81. The van der Waals surface area contributed by atoms with Crippen molar-refractivity contribution < 1.29 is 0 Å². The maximum Gasteiger partial charge on any atom is 0.277 e. The molecule has 0 saturated carbocycles. The van der Waals surface area contributed by atoms with E-state index >= 15 is 0 Å². The van der Waals surface area contributed by atoms with Crippen molar-refractivity contribution in [2.24, 2.45) is 0 Å². The Bertz CT molecular complexity index is 724. The predicted octanol–water partition coefficient (Wildman–Crippen LogP) is 1.42. The van der Waals surface area contributed by atoms with Crippen LogP contribution in [-0.4, -0.2) is 19.5 Å². The molecule has 17 heavy (non-hydrogen) atoms. The number of H-pyrrole nitrogens is 1. The Morgan fingerprint density at radius 3 is 2.71 bits per heavy atom. The second-order valence-electron chi connectivity index (χ2n) is 3.85.